The molecule has 0 aromatic heterocycles. The van der Waals surface area contributed by atoms with Crippen LogP contribution in [0.1, 0.15) is 24.0 Å². The predicted octanol–water partition coefficient (Wildman–Crippen LogP) is 2.54. The highest BCUT2D eigenvalue weighted by atomic mass is 32.2. The fourth-order valence-electron chi connectivity index (χ4n) is 2.69. The lowest BCUT2D eigenvalue weighted by atomic mass is 10.0. The predicted molar refractivity (Wildman–Crippen MR) is 105 cm³/mol. The molecule has 0 heterocycles. The van der Waals surface area contributed by atoms with Crippen molar-refractivity contribution in [3.63, 3.8) is 0 Å². The third-order valence-electron chi connectivity index (χ3n) is 4.19. The zero-order chi connectivity index (χ0) is 19.9. The zero-order valence-electron chi connectivity index (χ0n) is 15.6. The molecule has 7 heteroatoms. The zero-order valence-corrected chi connectivity index (χ0v) is 16.4. The van der Waals surface area contributed by atoms with Crippen molar-refractivity contribution < 1.29 is 13.2 Å². The minimum absolute atomic E-state index is 0.0967. The highest BCUT2D eigenvalue weighted by Gasteiger charge is 2.17. The summed E-state index contributed by atoms with van der Waals surface area (Å²) in [7, 11) is 0.130. The molecular weight excluding hydrogens is 362 g/mol. The van der Waals surface area contributed by atoms with E-state index in [1.54, 1.807) is 0 Å². The van der Waals surface area contributed by atoms with Crippen LogP contribution in [0.4, 0.5) is 0 Å². The summed E-state index contributed by atoms with van der Waals surface area (Å²) in [6.07, 6.45) is 2.34. The van der Waals surface area contributed by atoms with Gasteiger partial charge in [0.25, 0.3) is 0 Å². The summed E-state index contributed by atoms with van der Waals surface area (Å²) in [6, 6.07) is 16.3. The Balaban J connectivity index is 2.17. The molecular formula is C20H25N3O3S. The molecule has 0 fully saturated rings. The topological polar surface area (TPSA) is 96.4 Å². The number of hydrogen-bond acceptors (Lipinski definition) is 5. The minimum Gasteiger partial charge on any atom is -0.489 e. The van der Waals surface area contributed by atoms with Gasteiger partial charge in [0, 0.05) is 6.54 Å². The van der Waals surface area contributed by atoms with E-state index in [1.807, 2.05) is 38.4 Å². The number of nitrogens with zero attached hydrogens (tertiary/aromatic N) is 2. The summed E-state index contributed by atoms with van der Waals surface area (Å²) in [5.41, 5.74) is 1.39. The van der Waals surface area contributed by atoms with Crippen molar-refractivity contribution >= 4 is 10.0 Å². The summed E-state index contributed by atoms with van der Waals surface area (Å²) in [6.45, 7) is 0.844. The van der Waals surface area contributed by atoms with Gasteiger partial charge >= 0.3 is 0 Å². The smallest absolute Gasteiger partial charge is 0.238 e. The first-order valence-corrected chi connectivity index (χ1v) is 10.3. The molecule has 0 bridgehead atoms. The number of rotatable bonds is 9. The van der Waals surface area contributed by atoms with Crippen LogP contribution in [0.15, 0.2) is 53.4 Å². The fraction of sp³-hybridized carbons (Fsp3) is 0.350. The largest absolute Gasteiger partial charge is 0.489 e. The number of sulfonamides is 1. The van der Waals surface area contributed by atoms with Crippen LogP contribution in [0, 0.1) is 11.3 Å². The van der Waals surface area contributed by atoms with Crippen LogP contribution >= 0.6 is 0 Å². The van der Waals surface area contributed by atoms with Crippen molar-refractivity contribution in [3.05, 3.63) is 59.7 Å². The van der Waals surface area contributed by atoms with Crippen LogP contribution in [0.3, 0.4) is 0 Å². The summed E-state index contributed by atoms with van der Waals surface area (Å²) in [4.78, 5) is 1.98. The van der Waals surface area contributed by atoms with Gasteiger partial charge in [-0.15, -0.1) is 0 Å². The first-order valence-electron chi connectivity index (χ1n) is 8.72. The van der Waals surface area contributed by atoms with Gasteiger partial charge in [-0.2, -0.15) is 5.26 Å². The number of ether oxygens (including phenoxy) is 1. The average Bonchev–Trinajstić information content (AvgIpc) is 2.64. The summed E-state index contributed by atoms with van der Waals surface area (Å²) >= 11 is 0. The van der Waals surface area contributed by atoms with Crippen molar-refractivity contribution in [2.24, 2.45) is 5.14 Å². The Labute approximate surface area is 161 Å². The Morgan fingerprint density at radius 2 is 1.85 bits per heavy atom. The molecule has 1 atom stereocenters. The number of benzene rings is 2. The van der Waals surface area contributed by atoms with E-state index >= 15 is 0 Å². The summed E-state index contributed by atoms with van der Waals surface area (Å²) in [5, 5.41) is 14.5. The molecule has 0 aliphatic rings. The maximum atomic E-state index is 11.5. The molecule has 0 saturated carbocycles. The second kappa shape index (κ2) is 9.51. The molecule has 27 heavy (non-hydrogen) atoms. The van der Waals surface area contributed by atoms with Crippen molar-refractivity contribution in [2.45, 2.75) is 30.3 Å². The fourth-order valence-corrected chi connectivity index (χ4v) is 3.23. The molecule has 0 aliphatic heterocycles. The number of nitriles is 1. The molecule has 6 nitrogen and oxygen atoms in total. The molecule has 0 aliphatic carbocycles. The van der Waals surface area contributed by atoms with Crippen molar-refractivity contribution in [2.75, 3.05) is 20.6 Å². The standard InChI is InChI=1S/C20H25N3O3S/c1-23(2)13-12-18(9-8-16-6-4-3-5-7-16)26-20-11-10-19(27(22,24)25)14-17(20)15-21/h3-7,10-11,14,18H,8-9,12-13H2,1-2H3,(H2,22,24,25). The molecule has 2 aromatic carbocycles. The van der Waals surface area contributed by atoms with Gasteiger partial charge in [0.15, 0.2) is 0 Å². The normalized spacial score (nSPS) is 12.6. The second-order valence-corrected chi connectivity index (χ2v) is 8.23. The van der Waals surface area contributed by atoms with Crippen molar-refractivity contribution in [1.29, 1.82) is 5.26 Å². The number of nitrogens with two attached hydrogens (primary N) is 1. The molecule has 1 unspecified atom stereocenters. The Kier molecular flexibility index (Phi) is 7.36. The lowest BCUT2D eigenvalue weighted by Crippen LogP contribution is -2.25. The Hall–Kier alpha value is -2.40. The van der Waals surface area contributed by atoms with Crippen LogP contribution in [0.25, 0.3) is 0 Å². The average molecular weight is 388 g/mol. The molecule has 144 valence electrons. The van der Waals surface area contributed by atoms with Gasteiger partial charge in [0.05, 0.1) is 10.5 Å². The van der Waals surface area contributed by atoms with E-state index < -0.39 is 10.0 Å². The van der Waals surface area contributed by atoms with Gasteiger partial charge in [-0.1, -0.05) is 30.3 Å². The molecule has 2 aromatic rings. The molecule has 2 rings (SSSR count). The van der Waals surface area contributed by atoms with E-state index in [-0.39, 0.29) is 16.6 Å². The Bertz CT molecular complexity index is 890. The second-order valence-electron chi connectivity index (χ2n) is 6.67. The molecule has 0 saturated heterocycles. The SMILES string of the molecule is CN(C)CCC(CCc1ccccc1)Oc1ccc(S(N)(=O)=O)cc1C#N. The van der Waals surface area contributed by atoms with E-state index in [1.165, 1.54) is 23.8 Å². The highest BCUT2D eigenvalue weighted by molar-refractivity contribution is 7.89. The van der Waals surface area contributed by atoms with Gasteiger partial charge in [0.1, 0.15) is 17.9 Å². The Morgan fingerprint density at radius 1 is 1.15 bits per heavy atom. The maximum Gasteiger partial charge on any atom is 0.238 e. The number of hydrogen-bond donors (Lipinski definition) is 1. The van der Waals surface area contributed by atoms with Crippen LogP contribution in [0.5, 0.6) is 5.75 Å². The molecule has 0 amide bonds. The number of aryl methyl sites for hydroxylation is 1. The van der Waals surface area contributed by atoms with Gasteiger partial charge in [-0.25, -0.2) is 13.6 Å². The first-order chi connectivity index (χ1) is 12.8. The van der Waals surface area contributed by atoms with Gasteiger partial charge < -0.3 is 9.64 Å². The quantitative estimate of drug-likeness (QED) is 0.713. The van der Waals surface area contributed by atoms with Gasteiger partial charge in [0.2, 0.25) is 10.0 Å². The van der Waals surface area contributed by atoms with Crippen LogP contribution in [0.2, 0.25) is 0 Å². The molecule has 2 N–H and O–H groups in total. The van der Waals surface area contributed by atoms with E-state index in [9.17, 15) is 13.7 Å². The van der Waals surface area contributed by atoms with Crippen molar-refractivity contribution in [1.82, 2.24) is 4.90 Å². The Morgan fingerprint density at radius 3 is 2.44 bits per heavy atom. The lowest BCUT2D eigenvalue weighted by Gasteiger charge is -2.22. The third kappa shape index (κ3) is 6.68. The van der Waals surface area contributed by atoms with Crippen LogP contribution < -0.4 is 9.88 Å². The van der Waals surface area contributed by atoms with Gasteiger partial charge in [-0.05, 0) is 57.1 Å². The van der Waals surface area contributed by atoms with Crippen molar-refractivity contribution in [3.8, 4) is 11.8 Å². The highest BCUT2D eigenvalue weighted by Crippen LogP contribution is 2.24. The lowest BCUT2D eigenvalue weighted by molar-refractivity contribution is 0.167. The third-order valence-corrected chi connectivity index (χ3v) is 5.10. The first kappa shape index (κ1) is 20.9. The molecule has 0 radical (unpaired) electrons. The summed E-state index contributed by atoms with van der Waals surface area (Å²) in [5.74, 6) is 0.377. The van der Waals surface area contributed by atoms with E-state index in [0.29, 0.717) is 5.75 Å². The molecule has 0 spiro atoms. The maximum absolute atomic E-state index is 11.5. The number of primary sulfonamides is 1. The minimum atomic E-state index is -3.86. The summed E-state index contributed by atoms with van der Waals surface area (Å²) < 4.78 is 29.1. The van der Waals surface area contributed by atoms with E-state index in [2.05, 4.69) is 17.0 Å². The monoisotopic (exact) mass is 387 g/mol. The van der Waals surface area contributed by atoms with Gasteiger partial charge in [-0.3, -0.25) is 0 Å². The van der Waals surface area contributed by atoms with E-state index in [0.717, 1.165) is 25.8 Å². The van der Waals surface area contributed by atoms with Crippen LogP contribution in [-0.2, 0) is 16.4 Å². The van der Waals surface area contributed by atoms with E-state index in [4.69, 9.17) is 9.88 Å². The van der Waals surface area contributed by atoms with Crippen LogP contribution in [-0.4, -0.2) is 40.1 Å².